The summed E-state index contributed by atoms with van der Waals surface area (Å²) in [5.74, 6) is -1.65. The minimum atomic E-state index is -5.53. The van der Waals surface area contributed by atoms with E-state index in [1.54, 1.807) is 9.80 Å². The molecule has 254 valence electrons. The molecule has 3 fully saturated rings. The normalized spacial score (nSPS) is 25.4. The third kappa shape index (κ3) is 6.43. The second kappa shape index (κ2) is 13.4. The Morgan fingerprint density at radius 3 is 2.50 bits per heavy atom. The van der Waals surface area contributed by atoms with Gasteiger partial charge < -0.3 is 20.0 Å². The van der Waals surface area contributed by atoms with Crippen molar-refractivity contribution >= 4 is 47.1 Å². The molecule has 0 radical (unpaired) electrons. The number of rotatable bonds is 7. The molecule has 11 nitrogen and oxygen atoms in total. The maximum absolute atomic E-state index is 14.4. The van der Waals surface area contributed by atoms with Gasteiger partial charge in [0.2, 0.25) is 11.8 Å². The summed E-state index contributed by atoms with van der Waals surface area (Å²) in [7, 11) is -5.53. The van der Waals surface area contributed by atoms with Crippen LogP contribution in [-0.2, 0) is 15.3 Å². The van der Waals surface area contributed by atoms with E-state index < -0.39 is 37.2 Å². The first-order chi connectivity index (χ1) is 22.8. The monoisotopic (exact) mass is 700 g/mol. The molecule has 4 N–H and O–H groups in total. The summed E-state index contributed by atoms with van der Waals surface area (Å²) in [6.45, 7) is 4.15. The van der Waals surface area contributed by atoms with Crippen LogP contribution in [0.5, 0.6) is 0 Å². The van der Waals surface area contributed by atoms with Gasteiger partial charge in [0, 0.05) is 42.8 Å². The maximum Gasteiger partial charge on any atom is 0.484 e. The fourth-order valence-electron chi connectivity index (χ4n) is 7.18. The fourth-order valence-corrected chi connectivity index (χ4v) is 8.62. The molecule has 3 amide bonds. The topological polar surface area (TPSA) is 157 Å². The van der Waals surface area contributed by atoms with Gasteiger partial charge in [-0.15, -0.1) is 11.3 Å². The van der Waals surface area contributed by atoms with Crippen molar-refractivity contribution in [2.75, 3.05) is 32.7 Å². The summed E-state index contributed by atoms with van der Waals surface area (Å²) in [6.07, 6.45) is 1.80. The van der Waals surface area contributed by atoms with Crippen LogP contribution in [0.2, 0.25) is 0 Å². The molecule has 4 heterocycles. The molecule has 3 aliphatic rings. The van der Waals surface area contributed by atoms with Crippen LogP contribution in [-0.4, -0.2) is 98.0 Å². The Balaban J connectivity index is 1.22. The lowest BCUT2D eigenvalue weighted by molar-refractivity contribution is -0.147. The molecule has 3 aromatic rings. The molecule has 5 atom stereocenters. The number of carbonyl (C=O) groups excluding carboxylic acids is 3. The quantitative estimate of drug-likeness (QED) is 0.272. The SMILES string of the molecule is CCN1CC[C@H]2CC[C@@H](C(=O)N3C[C@@H](C#N)[C@H](c4ccccc4)C3)N2C(=O)C(NC(=O)c2cc3cc(C(F)(F)[P+](O)(O)O)ccc3s2)C1. The van der Waals surface area contributed by atoms with Crippen LogP contribution in [0.1, 0.15) is 52.9 Å². The van der Waals surface area contributed by atoms with Crippen LogP contribution in [0.15, 0.2) is 54.6 Å². The van der Waals surface area contributed by atoms with Crippen molar-refractivity contribution in [2.45, 2.75) is 55.9 Å². The van der Waals surface area contributed by atoms with Gasteiger partial charge in [0.25, 0.3) is 5.91 Å². The number of thiophene rings is 1. The molecule has 2 aromatic carbocycles. The van der Waals surface area contributed by atoms with E-state index in [1.807, 2.05) is 37.3 Å². The van der Waals surface area contributed by atoms with Crippen LogP contribution in [0.25, 0.3) is 10.1 Å². The molecule has 3 saturated heterocycles. The number of benzene rings is 2. The molecule has 1 aromatic heterocycles. The van der Waals surface area contributed by atoms with Gasteiger partial charge in [-0.05, 0) is 61.0 Å². The van der Waals surface area contributed by atoms with Gasteiger partial charge in [-0.2, -0.15) is 28.7 Å². The number of hydrogen-bond donors (Lipinski definition) is 4. The summed E-state index contributed by atoms with van der Waals surface area (Å²) in [5.41, 5.74) is -4.10. The summed E-state index contributed by atoms with van der Waals surface area (Å²) >= 11 is 1.02. The summed E-state index contributed by atoms with van der Waals surface area (Å²) < 4.78 is 29.3. The molecular formula is C33H37F2N5O6PS+. The Labute approximate surface area is 280 Å². The van der Waals surface area contributed by atoms with Gasteiger partial charge in [0.05, 0.1) is 22.4 Å². The lowest BCUT2D eigenvalue weighted by Gasteiger charge is -2.39. The predicted molar refractivity (Wildman–Crippen MR) is 176 cm³/mol. The Morgan fingerprint density at radius 1 is 1.06 bits per heavy atom. The number of likely N-dealkylation sites (N-methyl/N-ethyl adjacent to an activating group) is 1. The smallest absolute Gasteiger partial charge is 0.339 e. The second-order valence-corrected chi connectivity index (χ2v) is 15.5. The number of nitrogens with one attached hydrogen (secondary N) is 1. The number of halogens is 2. The van der Waals surface area contributed by atoms with E-state index >= 15 is 0 Å². The Morgan fingerprint density at radius 2 is 1.81 bits per heavy atom. The van der Waals surface area contributed by atoms with Crippen molar-refractivity contribution < 1.29 is 37.8 Å². The molecule has 15 heteroatoms. The van der Waals surface area contributed by atoms with Gasteiger partial charge in [-0.3, -0.25) is 14.4 Å². The second-order valence-electron chi connectivity index (χ2n) is 12.7. The van der Waals surface area contributed by atoms with Crippen molar-refractivity contribution in [2.24, 2.45) is 5.92 Å². The van der Waals surface area contributed by atoms with Crippen molar-refractivity contribution in [1.82, 2.24) is 20.0 Å². The van der Waals surface area contributed by atoms with Crippen LogP contribution >= 0.6 is 19.3 Å². The van der Waals surface area contributed by atoms with Crippen LogP contribution in [0, 0.1) is 17.2 Å². The molecule has 6 rings (SSSR count). The fraction of sp³-hybridized carbons (Fsp3) is 0.455. The largest absolute Gasteiger partial charge is 0.484 e. The maximum atomic E-state index is 14.4. The highest BCUT2D eigenvalue weighted by Gasteiger charge is 2.63. The molecule has 0 spiro atoms. The highest BCUT2D eigenvalue weighted by atomic mass is 32.1. The highest BCUT2D eigenvalue weighted by Crippen LogP contribution is 2.65. The highest BCUT2D eigenvalue weighted by molar-refractivity contribution is 7.59. The minimum Gasteiger partial charge on any atom is -0.339 e. The average Bonchev–Trinajstić information content (AvgIpc) is 3.81. The molecule has 3 aliphatic heterocycles. The summed E-state index contributed by atoms with van der Waals surface area (Å²) in [5, 5.41) is 13.0. The number of amides is 3. The van der Waals surface area contributed by atoms with E-state index in [-0.39, 0.29) is 53.0 Å². The van der Waals surface area contributed by atoms with Gasteiger partial charge in [-0.25, -0.2) is 0 Å². The first-order valence-electron chi connectivity index (χ1n) is 15.9. The number of alkyl halides is 2. The van der Waals surface area contributed by atoms with Crippen molar-refractivity contribution in [3.05, 3.63) is 70.6 Å². The molecule has 0 bridgehead atoms. The number of likely N-dealkylation sites (tertiary alicyclic amines) is 1. The lowest BCUT2D eigenvalue weighted by Crippen LogP contribution is -2.60. The molecular weight excluding hydrogens is 663 g/mol. The van der Waals surface area contributed by atoms with E-state index in [9.17, 15) is 43.1 Å². The minimum absolute atomic E-state index is 0.130. The first-order valence-corrected chi connectivity index (χ1v) is 18.4. The zero-order chi connectivity index (χ0) is 34.4. The number of nitriles is 1. The zero-order valence-corrected chi connectivity index (χ0v) is 27.9. The number of hydrogen-bond acceptors (Lipinski definition) is 9. The van der Waals surface area contributed by atoms with Gasteiger partial charge in [0.1, 0.15) is 12.1 Å². The molecule has 48 heavy (non-hydrogen) atoms. The van der Waals surface area contributed by atoms with E-state index in [4.69, 9.17) is 0 Å². The van der Waals surface area contributed by atoms with E-state index in [1.165, 1.54) is 12.1 Å². The van der Waals surface area contributed by atoms with Crippen LogP contribution in [0.3, 0.4) is 0 Å². The predicted octanol–water partition coefficient (Wildman–Crippen LogP) is 3.64. The van der Waals surface area contributed by atoms with Crippen LogP contribution in [0.4, 0.5) is 8.78 Å². The lowest BCUT2D eigenvalue weighted by atomic mass is 9.90. The third-order valence-corrected chi connectivity index (χ3v) is 11.9. The number of fused-ring (bicyclic) bond motifs is 2. The summed E-state index contributed by atoms with van der Waals surface area (Å²) in [6, 6.07) is 14.7. The van der Waals surface area contributed by atoms with E-state index in [0.29, 0.717) is 43.6 Å². The number of nitrogens with zero attached hydrogens (tertiary/aromatic N) is 4. The molecule has 0 aliphatic carbocycles. The number of carbonyl (C=O) groups is 3. The van der Waals surface area contributed by atoms with Gasteiger partial charge >= 0.3 is 13.6 Å². The Bertz CT molecular complexity index is 1750. The molecule has 1 unspecified atom stereocenters. The van der Waals surface area contributed by atoms with Crippen molar-refractivity contribution in [3.63, 3.8) is 0 Å². The van der Waals surface area contributed by atoms with E-state index in [0.717, 1.165) is 29.0 Å². The standard InChI is InChI=1S/C33H36F2N5O6PS/c1-2-38-13-12-24-9-10-27(32(43)39-17-22(16-36)25(18-39)20-6-4-3-5-7-20)40(24)31(42)26(19-38)37-30(41)29-15-21-14-23(8-11-28(21)48-29)33(34,35)47(44,45)46/h3-8,11,14-15,22,24-27,44-46H,2,9-10,12-13,17-19H2,1H3/p+1/t22-,24-,25+,26?,27+/m1/s1. The first kappa shape index (κ1) is 34.3. The zero-order valence-electron chi connectivity index (χ0n) is 26.2. The van der Waals surface area contributed by atoms with Gasteiger partial charge in [-0.1, -0.05) is 37.3 Å². The summed E-state index contributed by atoms with van der Waals surface area (Å²) in [4.78, 5) is 75.2. The Hall–Kier alpha value is -3.57. The Kier molecular flexibility index (Phi) is 9.56. The van der Waals surface area contributed by atoms with E-state index in [2.05, 4.69) is 16.3 Å². The van der Waals surface area contributed by atoms with Gasteiger partial charge in [0.15, 0.2) is 0 Å². The molecule has 0 saturated carbocycles. The van der Waals surface area contributed by atoms with Crippen molar-refractivity contribution in [1.29, 1.82) is 5.26 Å². The van der Waals surface area contributed by atoms with Crippen molar-refractivity contribution in [3.8, 4) is 6.07 Å². The third-order valence-electron chi connectivity index (χ3n) is 9.80. The van der Waals surface area contributed by atoms with Crippen LogP contribution < -0.4 is 5.32 Å². The average molecular weight is 701 g/mol.